The Balaban J connectivity index is 1.87. The minimum absolute atomic E-state index is 0.114. The molecule has 1 saturated heterocycles. The lowest BCUT2D eigenvalue weighted by Gasteiger charge is -2.36. The lowest BCUT2D eigenvalue weighted by Crippen LogP contribution is -2.52. The number of rotatable bonds is 7. The van der Waals surface area contributed by atoms with E-state index < -0.39 is 9.84 Å². The van der Waals surface area contributed by atoms with Crippen LogP contribution in [0.2, 0.25) is 0 Å². The van der Waals surface area contributed by atoms with Crippen LogP contribution < -0.4 is 5.32 Å². The molecule has 124 valence electrons. The highest BCUT2D eigenvalue weighted by Gasteiger charge is 2.41. The first-order valence-corrected chi connectivity index (χ1v) is 10.0. The number of nitrogens with zero attached hydrogens (tertiary/aromatic N) is 1. The minimum Gasteiger partial charge on any atom is -0.394 e. The Hall–Kier alpha value is -0.170. The second-order valence-electron chi connectivity index (χ2n) is 6.76. The summed E-state index contributed by atoms with van der Waals surface area (Å²) in [5, 5.41) is 13.3. The van der Waals surface area contributed by atoms with Gasteiger partial charge in [0.05, 0.1) is 18.1 Å². The Morgan fingerprint density at radius 3 is 2.71 bits per heavy atom. The molecule has 2 aliphatic rings. The molecule has 3 atom stereocenters. The Labute approximate surface area is 129 Å². The molecule has 1 aliphatic carbocycles. The van der Waals surface area contributed by atoms with Crippen LogP contribution in [0.25, 0.3) is 0 Å². The number of sulfone groups is 1. The Morgan fingerprint density at radius 1 is 1.38 bits per heavy atom. The molecular weight excluding hydrogens is 288 g/mol. The zero-order chi connectivity index (χ0) is 15.5. The average Bonchev–Trinajstić information content (AvgIpc) is 3.00. The maximum atomic E-state index is 11.6. The first-order chi connectivity index (χ1) is 9.92. The SMILES string of the molecule is CCNC1(CO)CCCC1CCN(C)C1CCS(=O)(=O)C1. The van der Waals surface area contributed by atoms with Crippen molar-refractivity contribution in [2.45, 2.75) is 50.6 Å². The van der Waals surface area contributed by atoms with Gasteiger partial charge in [0.25, 0.3) is 0 Å². The first kappa shape index (κ1) is 17.2. The van der Waals surface area contributed by atoms with Gasteiger partial charge in [-0.25, -0.2) is 8.42 Å². The van der Waals surface area contributed by atoms with Crippen LogP contribution >= 0.6 is 0 Å². The van der Waals surface area contributed by atoms with Crippen molar-refractivity contribution >= 4 is 9.84 Å². The predicted molar refractivity (Wildman–Crippen MR) is 85.1 cm³/mol. The first-order valence-electron chi connectivity index (χ1n) is 8.19. The van der Waals surface area contributed by atoms with Crippen molar-refractivity contribution in [3.63, 3.8) is 0 Å². The van der Waals surface area contributed by atoms with E-state index in [0.717, 1.165) is 38.8 Å². The van der Waals surface area contributed by atoms with Gasteiger partial charge in [0.2, 0.25) is 0 Å². The van der Waals surface area contributed by atoms with Gasteiger partial charge >= 0.3 is 0 Å². The van der Waals surface area contributed by atoms with Gasteiger partial charge < -0.3 is 15.3 Å². The molecule has 0 aromatic rings. The van der Waals surface area contributed by atoms with Gasteiger partial charge in [-0.1, -0.05) is 13.3 Å². The standard InChI is InChI=1S/C15H30N2O3S/c1-3-16-15(12-18)8-4-5-13(15)6-9-17(2)14-7-10-21(19,20)11-14/h13-14,16,18H,3-12H2,1-2H3. The zero-order valence-electron chi connectivity index (χ0n) is 13.3. The topological polar surface area (TPSA) is 69.6 Å². The fourth-order valence-corrected chi connectivity index (χ4v) is 5.88. The maximum absolute atomic E-state index is 11.6. The summed E-state index contributed by atoms with van der Waals surface area (Å²) >= 11 is 0. The summed E-state index contributed by atoms with van der Waals surface area (Å²) in [4.78, 5) is 2.21. The minimum atomic E-state index is -2.81. The smallest absolute Gasteiger partial charge is 0.151 e. The average molecular weight is 318 g/mol. The maximum Gasteiger partial charge on any atom is 0.151 e. The van der Waals surface area contributed by atoms with Gasteiger partial charge in [0, 0.05) is 11.6 Å². The van der Waals surface area contributed by atoms with Crippen LogP contribution in [0.5, 0.6) is 0 Å². The van der Waals surface area contributed by atoms with E-state index in [1.165, 1.54) is 6.42 Å². The van der Waals surface area contributed by atoms with Gasteiger partial charge in [-0.05, 0) is 51.7 Å². The van der Waals surface area contributed by atoms with Crippen molar-refractivity contribution < 1.29 is 13.5 Å². The van der Waals surface area contributed by atoms with Crippen LogP contribution in [0.1, 0.15) is 39.0 Å². The molecular formula is C15H30N2O3S. The third kappa shape index (κ3) is 3.97. The molecule has 0 radical (unpaired) electrons. The molecule has 0 amide bonds. The molecule has 5 nitrogen and oxygen atoms in total. The van der Waals surface area contributed by atoms with E-state index in [4.69, 9.17) is 0 Å². The molecule has 1 aliphatic heterocycles. The lowest BCUT2D eigenvalue weighted by atomic mass is 9.85. The van der Waals surface area contributed by atoms with Crippen LogP contribution in [-0.2, 0) is 9.84 Å². The summed E-state index contributed by atoms with van der Waals surface area (Å²) < 4.78 is 23.1. The van der Waals surface area contributed by atoms with Gasteiger partial charge in [0.15, 0.2) is 9.84 Å². The summed E-state index contributed by atoms with van der Waals surface area (Å²) in [6.45, 7) is 4.08. The summed E-state index contributed by atoms with van der Waals surface area (Å²) in [5.74, 6) is 1.14. The molecule has 0 aromatic heterocycles. The van der Waals surface area contributed by atoms with E-state index in [-0.39, 0.29) is 18.2 Å². The van der Waals surface area contributed by atoms with Crippen molar-refractivity contribution in [1.82, 2.24) is 10.2 Å². The Kier molecular flexibility index (Phi) is 5.68. The zero-order valence-corrected chi connectivity index (χ0v) is 14.2. The van der Waals surface area contributed by atoms with Gasteiger partial charge in [-0.15, -0.1) is 0 Å². The molecule has 0 spiro atoms. The van der Waals surface area contributed by atoms with Crippen molar-refractivity contribution in [2.75, 3.05) is 38.2 Å². The predicted octanol–water partition coefficient (Wildman–Crippen LogP) is 0.636. The van der Waals surface area contributed by atoms with Crippen molar-refractivity contribution in [2.24, 2.45) is 5.92 Å². The van der Waals surface area contributed by atoms with Crippen molar-refractivity contribution in [1.29, 1.82) is 0 Å². The number of likely N-dealkylation sites (N-methyl/N-ethyl adjacent to an activating group) is 1. The number of aliphatic hydroxyl groups excluding tert-OH is 1. The fourth-order valence-electron chi connectivity index (χ4n) is 4.08. The number of nitrogens with one attached hydrogen (secondary N) is 1. The van der Waals surface area contributed by atoms with E-state index >= 15 is 0 Å². The van der Waals surface area contributed by atoms with Crippen LogP contribution in [-0.4, -0.2) is 68.3 Å². The van der Waals surface area contributed by atoms with Crippen molar-refractivity contribution in [3.05, 3.63) is 0 Å². The largest absolute Gasteiger partial charge is 0.394 e. The normalized spacial score (nSPS) is 35.6. The highest BCUT2D eigenvalue weighted by atomic mass is 32.2. The van der Waals surface area contributed by atoms with E-state index in [1.54, 1.807) is 0 Å². The molecule has 0 bridgehead atoms. The molecule has 1 heterocycles. The summed E-state index contributed by atoms with van der Waals surface area (Å²) in [6, 6.07) is 0.180. The number of hydrogen-bond acceptors (Lipinski definition) is 5. The van der Waals surface area contributed by atoms with E-state index in [1.807, 2.05) is 7.05 Å². The van der Waals surface area contributed by atoms with Gasteiger partial charge in [-0.3, -0.25) is 0 Å². The van der Waals surface area contributed by atoms with E-state index in [9.17, 15) is 13.5 Å². The van der Waals surface area contributed by atoms with Crippen LogP contribution in [0.3, 0.4) is 0 Å². The molecule has 21 heavy (non-hydrogen) atoms. The highest BCUT2D eigenvalue weighted by molar-refractivity contribution is 7.91. The van der Waals surface area contributed by atoms with E-state index in [0.29, 0.717) is 17.4 Å². The number of aliphatic hydroxyl groups is 1. The summed E-state index contributed by atoms with van der Waals surface area (Å²) in [6.07, 6.45) is 5.16. The second kappa shape index (κ2) is 6.94. The molecule has 3 unspecified atom stereocenters. The lowest BCUT2D eigenvalue weighted by molar-refractivity contribution is 0.112. The second-order valence-corrected chi connectivity index (χ2v) is 8.99. The van der Waals surface area contributed by atoms with Crippen molar-refractivity contribution in [3.8, 4) is 0 Å². The molecule has 1 saturated carbocycles. The molecule has 0 aromatic carbocycles. The Morgan fingerprint density at radius 2 is 2.14 bits per heavy atom. The van der Waals surface area contributed by atoms with Crippen LogP contribution in [0.4, 0.5) is 0 Å². The molecule has 2 rings (SSSR count). The molecule has 6 heteroatoms. The quantitative estimate of drug-likeness (QED) is 0.721. The molecule has 2 N–H and O–H groups in total. The third-order valence-electron chi connectivity index (χ3n) is 5.43. The third-order valence-corrected chi connectivity index (χ3v) is 7.18. The van der Waals surface area contributed by atoms with Crippen LogP contribution in [0.15, 0.2) is 0 Å². The van der Waals surface area contributed by atoms with Crippen LogP contribution in [0, 0.1) is 5.92 Å². The fraction of sp³-hybridized carbons (Fsp3) is 1.00. The summed E-state index contributed by atoms with van der Waals surface area (Å²) in [5.41, 5.74) is -0.114. The Bertz CT molecular complexity index is 440. The number of hydrogen-bond donors (Lipinski definition) is 2. The van der Waals surface area contributed by atoms with Gasteiger partial charge in [-0.2, -0.15) is 0 Å². The monoisotopic (exact) mass is 318 g/mol. The molecule has 2 fully saturated rings. The van der Waals surface area contributed by atoms with E-state index in [2.05, 4.69) is 17.1 Å². The van der Waals surface area contributed by atoms with Gasteiger partial charge in [0.1, 0.15) is 0 Å². The highest BCUT2D eigenvalue weighted by Crippen LogP contribution is 2.38. The summed E-state index contributed by atoms with van der Waals surface area (Å²) in [7, 11) is -0.772.